The molecule has 5 atom stereocenters. The fraction of sp³-hybridized carbons (Fsp3) is 0.632. The molecule has 2 aliphatic carbocycles. The number of nitrogens with zero attached hydrogens (tertiary/aromatic N) is 1. The predicted molar refractivity (Wildman–Crippen MR) is 105 cm³/mol. The van der Waals surface area contributed by atoms with Gasteiger partial charge in [0.15, 0.2) is 0 Å². The highest BCUT2D eigenvalue weighted by atomic mass is 35.5. The minimum absolute atomic E-state index is 0.118. The number of sulfonamides is 1. The van der Waals surface area contributed by atoms with Gasteiger partial charge in [0.1, 0.15) is 11.0 Å². The van der Waals surface area contributed by atoms with Crippen molar-refractivity contribution in [2.75, 3.05) is 14.1 Å². The van der Waals surface area contributed by atoms with Crippen LogP contribution in [-0.2, 0) is 10.0 Å². The number of aromatic hydroxyl groups is 1. The molecule has 1 aromatic carbocycles. The van der Waals surface area contributed by atoms with Crippen LogP contribution in [0.2, 0.25) is 0 Å². The molecule has 0 saturated heterocycles. The van der Waals surface area contributed by atoms with Crippen LogP contribution in [0.1, 0.15) is 37.6 Å². The maximum absolute atomic E-state index is 16.8. The third-order valence-corrected chi connectivity index (χ3v) is 9.75. The van der Waals surface area contributed by atoms with Gasteiger partial charge in [-0.25, -0.2) is 17.1 Å². The minimum Gasteiger partial charge on any atom is -0.507 e. The first kappa shape index (κ1) is 21.3. The van der Waals surface area contributed by atoms with Crippen molar-refractivity contribution in [3.63, 3.8) is 0 Å². The fourth-order valence-corrected chi connectivity index (χ4v) is 8.01. The third-order valence-electron chi connectivity index (χ3n) is 7.04. The summed E-state index contributed by atoms with van der Waals surface area (Å²) in [6.45, 7) is 5.23. The summed E-state index contributed by atoms with van der Waals surface area (Å²) in [5, 5.41) is 10.2. The summed E-state index contributed by atoms with van der Waals surface area (Å²) in [6.07, 6.45) is 0.225. The highest BCUT2D eigenvalue weighted by molar-refractivity contribution is 7.89. The Kier molecular flexibility index (Phi) is 4.81. The zero-order chi connectivity index (χ0) is 21.3. The highest BCUT2D eigenvalue weighted by Crippen LogP contribution is 2.72. The molecule has 0 heterocycles. The van der Waals surface area contributed by atoms with Gasteiger partial charge in [-0.2, -0.15) is 0 Å². The molecular weight excluding hydrogens is 407 g/mol. The number of benzene rings is 1. The van der Waals surface area contributed by atoms with Gasteiger partial charge in [0.25, 0.3) is 5.91 Å². The SMILES string of the molecule is CN(C)S(=O)(=O)C1[C@H]2C(Cl)C[C@@](C)(C2(C)C)[C@]1(F)NC(=O)c1ccccc1O. The first-order chi connectivity index (χ1) is 12.7. The molecule has 6 nitrogen and oxygen atoms in total. The van der Waals surface area contributed by atoms with Crippen molar-refractivity contribution in [3.8, 4) is 5.75 Å². The average Bonchev–Trinajstić information content (AvgIpc) is 2.82. The van der Waals surface area contributed by atoms with E-state index in [0.717, 1.165) is 4.31 Å². The molecule has 3 rings (SSSR count). The Balaban J connectivity index is 2.15. The van der Waals surface area contributed by atoms with Gasteiger partial charge in [-0.1, -0.05) is 32.9 Å². The van der Waals surface area contributed by atoms with Crippen LogP contribution in [0.15, 0.2) is 24.3 Å². The van der Waals surface area contributed by atoms with Crippen LogP contribution in [0.25, 0.3) is 0 Å². The van der Waals surface area contributed by atoms with Gasteiger partial charge in [0.2, 0.25) is 15.8 Å². The number of nitrogens with one attached hydrogen (secondary N) is 1. The van der Waals surface area contributed by atoms with Gasteiger partial charge in [0.05, 0.1) is 5.56 Å². The first-order valence-corrected chi connectivity index (χ1v) is 11.0. The van der Waals surface area contributed by atoms with E-state index in [1.165, 1.54) is 38.4 Å². The smallest absolute Gasteiger partial charge is 0.257 e. The van der Waals surface area contributed by atoms with Crippen LogP contribution < -0.4 is 5.32 Å². The normalized spacial score (nSPS) is 36.6. The van der Waals surface area contributed by atoms with Crippen LogP contribution in [0.3, 0.4) is 0 Å². The van der Waals surface area contributed by atoms with E-state index in [1.54, 1.807) is 20.8 Å². The van der Waals surface area contributed by atoms with Crippen LogP contribution in [0.4, 0.5) is 4.39 Å². The Morgan fingerprint density at radius 3 is 2.39 bits per heavy atom. The molecule has 0 radical (unpaired) electrons. The largest absolute Gasteiger partial charge is 0.507 e. The van der Waals surface area contributed by atoms with Crippen molar-refractivity contribution in [2.24, 2.45) is 16.7 Å². The Hall–Kier alpha value is -1.38. The van der Waals surface area contributed by atoms with Crippen molar-refractivity contribution in [3.05, 3.63) is 29.8 Å². The second-order valence-corrected chi connectivity index (χ2v) is 11.6. The second kappa shape index (κ2) is 6.31. The second-order valence-electron chi connectivity index (χ2n) is 8.73. The topological polar surface area (TPSA) is 86.7 Å². The third kappa shape index (κ3) is 2.53. The van der Waals surface area contributed by atoms with E-state index in [2.05, 4.69) is 5.32 Å². The van der Waals surface area contributed by atoms with Crippen molar-refractivity contribution in [2.45, 2.75) is 43.6 Å². The Bertz CT molecular complexity index is 922. The molecule has 0 aliphatic heterocycles. The number of alkyl halides is 2. The molecule has 9 heteroatoms. The van der Waals surface area contributed by atoms with Gasteiger partial charge in [-0.05, 0) is 24.0 Å². The number of hydrogen-bond acceptors (Lipinski definition) is 4. The van der Waals surface area contributed by atoms with E-state index in [9.17, 15) is 18.3 Å². The number of phenols is 1. The van der Waals surface area contributed by atoms with Crippen molar-refractivity contribution >= 4 is 27.5 Å². The lowest BCUT2D eigenvalue weighted by Crippen LogP contribution is -2.65. The fourth-order valence-electron chi connectivity index (χ4n) is 5.07. The maximum atomic E-state index is 16.8. The summed E-state index contributed by atoms with van der Waals surface area (Å²) in [7, 11) is -1.42. The number of carbonyl (C=O) groups excluding carboxylic acids is 1. The maximum Gasteiger partial charge on any atom is 0.257 e. The Morgan fingerprint density at radius 1 is 1.29 bits per heavy atom. The van der Waals surface area contributed by atoms with Crippen LogP contribution in [-0.4, -0.2) is 54.3 Å². The van der Waals surface area contributed by atoms with Gasteiger partial charge in [-0.15, -0.1) is 11.6 Å². The molecule has 28 heavy (non-hydrogen) atoms. The number of fused-ring (bicyclic) bond motifs is 2. The summed E-state index contributed by atoms with van der Waals surface area (Å²) in [5.74, 6) is -4.43. The first-order valence-electron chi connectivity index (χ1n) is 9.06. The average molecular weight is 433 g/mol. The zero-order valence-electron chi connectivity index (χ0n) is 16.5. The molecular formula is C19H26ClFN2O4S. The molecule has 1 aromatic rings. The van der Waals surface area contributed by atoms with Crippen molar-refractivity contribution in [1.29, 1.82) is 0 Å². The van der Waals surface area contributed by atoms with E-state index in [4.69, 9.17) is 11.6 Å². The summed E-state index contributed by atoms with van der Waals surface area (Å²) >= 11 is 6.49. The highest BCUT2D eigenvalue weighted by Gasteiger charge is 2.81. The number of rotatable bonds is 4. The summed E-state index contributed by atoms with van der Waals surface area (Å²) in [5.41, 5.74) is -2.12. The van der Waals surface area contributed by atoms with Crippen molar-refractivity contribution in [1.82, 2.24) is 9.62 Å². The van der Waals surface area contributed by atoms with Gasteiger partial charge >= 0.3 is 0 Å². The van der Waals surface area contributed by atoms with E-state index in [1.807, 2.05) is 0 Å². The van der Waals surface area contributed by atoms with E-state index >= 15 is 4.39 Å². The zero-order valence-corrected chi connectivity index (χ0v) is 18.1. The standard InChI is InChI=1S/C19H26ClFN2O4S/c1-17(2)14-12(20)10-18(17,3)19(21,15(14)28(26,27)23(4)5)22-16(25)11-8-6-7-9-13(11)24/h6-9,12,14-15,24H,10H2,1-5H3,(H,22,25)/t12?,14-,15?,18+,19-/m1/s1. The molecule has 2 aliphatic rings. The lowest BCUT2D eigenvalue weighted by molar-refractivity contribution is -0.0390. The molecule has 156 valence electrons. The summed E-state index contributed by atoms with van der Waals surface area (Å²) in [4.78, 5) is 12.8. The molecule has 2 bridgehead atoms. The number of para-hydroxylation sites is 1. The molecule has 0 aromatic heterocycles. The number of hydrogen-bond donors (Lipinski definition) is 2. The van der Waals surface area contributed by atoms with E-state index in [-0.39, 0.29) is 17.7 Å². The molecule has 2 unspecified atom stereocenters. The lowest BCUT2D eigenvalue weighted by Gasteiger charge is -2.46. The Labute approximate surface area is 170 Å². The van der Waals surface area contributed by atoms with Gasteiger partial charge < -0.3 is 10.4 Å². The van der Waals surface area contributed by atoms with Crippen LogP contribution in [0.5, 0.6) is 5.75 Å². The van der Waals surface area contributed by atoms with E-state index in [0.29, 0.717) is 0 Å². The number of carbonyl (C=O) groups is 1. The van der Waals surface area contributed by atoms with Crippen LogP contribution >= 0.6 is 11.6 Å². The molecule has 0 spiro atoms. The number of amides is 1. The Morgan fingerprint density at radius 2 is 1.86 bits per heavy atom. The minimum atomic E-state index is -4.10. The monoisotopic (exact) mass is 432 g/mol. The number of phenolic OH excluding ortho intramolecular Hbond substituents is 1. The summed E-state index contributed by atoms with van der Waals surface area (Å²) < 4.78 is 44.0. The lowest BCUT2D eigenvalue weighted by atomic mass is 9.68. The van der Waals surface area contributed by atoms with Gasteiger partial charge in [0, 0.05) is 30.8 Å². The molecule has 1 amide bonds. The predicted octanol–water partition coefficient (Wildman–Crippen LogP) is 2.72. The van der Waals surface area contributed by atoms with Gasteiger partial charge in [-0.3, -0.25) is 4.79 Å². The molecule has 2 N–H and O–H groups in total. The van der Waals surface area contributed by atoms with Crippen LogP contribution in [0, 0.1) is 16.7 Å². The summed E-state index contributed by atoms with van der Waals surface area (Å²) in [6, 6.07) is 5.75. The quantitative estimate of drug-likeness (QED) is 0.565. The number of halogens is 2. The van der Waals surface area contributed by atoms with Crippen molar-refractivity contribution < 1.29 is 22.7 Å². The molecule has 2 fully saturated rings. The van der Waals surface area contributed by atoms with E-state index < -0.39 is 49.1 Å². The molecule has 2 saturated carbocycles.